The van der Waals surface area contributed by atoms with E-state index >= 15 is 0 Å². The third-order valence-electron chi connectivity index (χ3n) is 2.25. The molecule has 0 aliphatic carbocycles. The van der Waals surface area contributed by atoms with E-state index in [4.69, 9.17) is 0 Å². The van der Waals surface area contributed by atoms with E-state index in [2.05, 4.69) is 6.92 Å². The summed E-state index contributed by atoms with van der Waals surface area (Å²) in [4.78, 5) is 0. The van der Waals surface area contributed by atoms with Gasteiger partial charge in [0.15, 0.2) is 0 Å². The third-order valence-corrected chi connectivity index (χ3v) is 2.25. The SMILES string of the molecule is [CH2]c1ccc2cccc(C(F)(F)F)c2c1. The van der Waals surface area contributed by atoms with Gasteiger partial charge < -0.3 is 0 Å². The van der Waals surface area contributed by atoms with Gasteiger partial charge in [-0.2, -0.15) is 13.2 Å². The van der Waals surface area contributed by atoms with E-state index in [1.807, 2.05) is 0 Å². The van der Waals surface area contributed by atoms with Gasteiger partial charge in [0.2, 0.25) is 0 Å². The first kappa shape index (κ1) is 10.0. The second kappa shape index (κ2) is 3.26. The van der Waals surface area contributed by atoms with Gasteiger partial charge in [-0.05, 0) is 29.3 Å². The molecule has 0 fully saturated rings. The van der Waals surface area contributed by atoms with Crippen LogP contribution in [0.4, 0.5) is 13.2 Å². The van der Waals surface area contributed by atoms with Crippen molar-refractivity contribution in [2.75, 3.05) is 0 Å². The molecule has 0 saturated heterocycles. The van der Waals surface area contributed by atoms with Crippen LogP contribution in [-0.2, 0) is 6.18 Å². The van der Waals surface area contributed by atoms with Crippen molar-refractivity contribution in [2.45, 2.75) is 6.18 Å². The van der Waals surface area contributed by atoms with Crippen LogP contribution in [0.5, 0.6) is 0 Å². The van der Waals surface area contributed by atoms with Gasteiger partial charge in [-0.3, -0.25) is 0 Å². The van der Waals surface area contributed by atoms with Gasteiger partial charge in [0, 0.05) is 0 Å². The molecule has 2 aromatic carbocycles. The van der Waals surface area contributed by atoms with E-state index in [1.165, 1.54) is 12.1 Å². The maximum Gasteiger partial charge on any atom is 0.417 e. The number of halogens is 3. The summed E-state index contributed by atoms with van der Waals surface area (Å²) in [6.07, 6.45) is -4.31. The zero-order valence-electron chi connectivity index (χ0n) is 7.81. The lowest BCUT2D eigenvalue weighted by Gasteiger charge is -2.10. The van der Waals surface area contributed by atoms with E-state index in [0.29, 0.717) is 10.9 Å². The van der Waals surface area contributed by atoms with Crippen molar-refractivity contribution in [1.82, 2.24) is 0 Å². The fraction of sp³-hybridized carbons (Fsp3) is 0.0833. The quantitative estimate of drug-likeness (QED) is 0.614. The molecule has 0 bridgehead atoms. The van der Waals surface area contributed by atoms with Gasteiger partial charge in [-0.1, -0.05) is 30.3 Å². The summed E-state index contributed by atoms with van der Waals surface area (Å²) in [5, 5.41) is 0.787. The standard InChI is InChI=1S/C12H8F3/c1-8-5-6-9-3-2-4-11(10(9)7-8)12(13,14)15/h2-7H,1H2. The molecular formula is C12H8F3. The average molecular weight is 209 g/mol. The first-order chi connectivity index (χ1) is 6.98. The van der Waals surface area contributed by atoms with Crippen LogP contribution in [-0.4, -0.2) is 0 Å². The first-order valence-corrected chi connectivity index (χ1v) is 4.40. The Morgan fingerprint density at radius 3 is 2.40 bits per heavy atom. The topological polar surface area (TPSA) is 0 Å². The molecule has 0 amide bonds. The second-order valence-corrected chi connectivity index (χ2v) is 3.36. The van der Waals surface area contributed by atoms with Crippen molar-refractivity contribution >= 4 is 10.8 Å². The van der Waals surface area contributed by atoms with Crippen LogP contribution in [0.1, 0.15) is 11.1 Å². The number of benzene rings is 2. The Labute approximate surface area is 85.3 Å². The summed E-state index contributed by atoms with van der Waals surface area (Å²) in [6, 6.07) is 8.95. The molecule has 77 valence electrons. The van der Waals surface area contributed by atoms with Crippen LogP contribution in [0, 0.1) is 6.92 Å². The van der Waals surface area contributed by atoms with Gasteiger partial charge in [0.1, 0.15) is 0 Å². The number of alkyl halides is 3. The summed E-state index contributed by atoms with van der Waals surface area (Å²) in [5.74, 6) is 0. The Morgan fingerprint density at radius 1 is 1.00 bits per heavy atom. The normalized spacial score (nSPS) is 12.0. The van der Waals surface area contributed by atoms with Crippen molar-refractivity contribution < 1.29 is 13.2 Å². The molecule has 1 radical (unpaired) electrons. The monoisotopic (exact) mass is 209 g/mol. The summed E-state index contributed by atoms with van der Waals surface area (Å²) in [6.45, 7) is 3.63. The van der Waals surface area contributed by atoms with Crippen LogP contribution in [0.25, 0.3) is 10.8 Å². The van der Waals surface area contributed by atoms with Gasteiger partial charge in [-0.15, -0.1) is 0 Å². The van der Waals surface area contributed by atoms with E-state index < -0.39 is 11.7 Å². The van der Waals surface area contributed by atoms with E-state index in [1.54, 1.807) is 18.2 Å². The molecule has 0 heterocycles. The minimum atomic E-state index is -4.31. The smallest absolute Gasteiger partial charge is 0.166 e. The lowest BCUT2D eigenvalue weighted by molar-refractivity contribution is -0.136. The number of rotatable bonds is 0. The summed E-state index contributed by atoms with van der Waals surface area (Å²) in [5.41, 5.74) is -0.0234. The average Bonchev–Trinajstić information content (AvgIpc) is 2.15. The van der Waals surface area contributed by atoms with Gasteiger partial charge in [0.05, 0.1) is 5.56 Å². The van der Waals surface area contributed by atoms with Crippen molar-refractivity contribution in [3.8, 4) is 0 Å². The van der Waals surface area contributed by atoms with Crippen LogP contribution in [0.15, 0.2) is 36.4 Å². The highest BCUT2D eigenvalue weighted by molar-refractivity contribution is 5.87. The molecular weight excluding hydrogens is 201 g/mol. The lowest BCUT2D eigenvalue weighted by atomic mass is 10.0. The highest BCUT2D eigenvalue weighted by atomic mass is 19.4. The van der Waals surface area contributed by atoms with E-state index in [0.717, 1.165) is 6.07 Å². The number of fused-ring (bicyclic) bond motifs is 1. The molecule has 0 unspecified atom stereocenters. The molecule has 0 spiro atoms. The predicted molar refractivity (Wildman–Crippen MR) is 53.4 cm³/mol. The number of hydrogen-bond donors (Lipinski definition) is 0. The van der Waals surface area contributed by atoms with Gasteiger partial charge in [-0.25, -0.2) is 0 Å². The molecule has 0 aliphatic heterocycles. The summed E-state index contributed by atoms with van der Waals surface area (Å²) >= 11 is 0. The molecule has 2 aromatic rings. The summed E-state index contributed by atoms with van der Waals surface area (Å²) < 4.78 is 37.9. The van der Waals surface area contributed by atoms with E-state index in [-0.39, 0.29) is 5.39 Å². The Balaban J connectivity index is 2.80. The first-order valence-electron chi connectivity index (χ1n) is 4.40. The zero-order valence-corrected chi connectivity index (χ0v) is 7.81. The van der Waals surface area contributed by atoms with Crippen LogP contribution < -0.4 is 0 Å². The fourth-order valence-corrected chi connectivity index (χ4v) is 1.57. The Morgan fingerprint density at radius 2 is 1.73 bits per heavy atom. The molecule has 0 saturated carbocycles. The fourth-order valence-electron chi connectivity index (χ4n) is 1.57. The second-order valence-electron chi connectivity index (χ2n) is 3.36. The Bertz CT molecular complexity index is 498. The van der Waals surface area contributed by atoms with Crippen molar-refractivity contribution in [3.63, 3.8) is 0 Å². The zero-order chi connectivity index (χ0) is 11.1. The molecule has 0 nitrogen and oxygen atoms in total. The highest BCUT2D eigenvalue weighted by Gasteiger charge is 2.32. The van der Waals surface area contributed by atoms with Gasteiger partial charge in [0.25, 0.3) is 0 Å². The maximum atomic E-state index is 12.6. The predicted octanol–water partition coefficient (Wildman–Crippen LogP) is 4.04. The van der Waals surface area contributed by atoms with Crippen LogP contribution in [0.2, 0.25) is 0 Å². The summed E-state index contributed by atoms with van der Waals surface area (Å²) in [7, 11) is 0. The van der Waals surface area contributed by atoms with Crippen LogP contribution >= 0.6 is 0 Å². The third kappa shape index (κ3) is 1.82. The van der Waals surface area contributed by atoms with Crippen molar-refractivity contribution in [2.24, 2.45) is 0 Å². The molecule has 0 N–H and O–H groups in total. The molecule has 0 aliphatic rings. The Kier molecular flexibility index (Phi) is 2.18. The minimum Gasteiger partial charge on any atom is -0.166 e. The number of hydrogen-bond acceptors (Lipinski definition) is 0. The maximum absolute atomic E-state index is 12.6. The van der Waals surface area contributed by atoms with Crippen LogP contribution in [0.3, 0.4) is 0 Å². The van der Waals surface area contributed by atoms with E-state index in [9.17, 15) is 13.2 Å². The molecule has 15 heavy (non-hydrogen) atoms. The lowest BCUT2D eigenvalue weighted by Crippen LogP contribution is -2.05. The van der Waals surface area contributed by atoms with Crippen molar-refractivity contribution in [1.29, 1.82) is 0 Å². The van der Waals surface area contributed by atoms with Crippen molar-refractivity contribution in [3.05, 3.63) is 54.4 Å². The highest BCUT2D eigenvalue weighted by Crippen LogP contribution is 2.34. The molecule has 0 aromatic heterocycles. The molecule has 3 heteroatoms. The minimum absolute atomic E-state index is 0.206. The van der Waals surface area contributed by atoms with Gasteiger partial charge >= 0.3 is 6.18 Å². The molecule has 0 atom stereocenters. The molecule has 2 rings (SSSR count). The Hall–Kier alpha value is -1.51. The largest absolute Gasteiger partial charge is 0.417 e.